The summed E-state index contributed by atoms with van der Waals surface area (Å²) in [4.78, 5) is 22.9. The molecule has 1 N–H and O–H groups in total. The van der Waals surface area contributed by atoms with E-state index in [1.807, 2.05) is 18.2 Å². The van der Waals surface area contributed by atoms with E-state index in [4.69, 9.17) is 20.8 Å². The van der Waals surface area contributed by atoms with Gasteiger partial charge in [-0.1, -0.05) is 54.1 Å². The maximum absolute atomic E-state index is 12.6. The number of fused-ring (bicyclic) bond motifs is 1. The van der Waals surface area contributed by atoms with E-state index in [0.29, 0.717) is 18.0 Å². The number of hydrogen-bond donors (Lipinski definition) is 1. The summed E-state index contributed by atoms with van der Waals surface area (Å²) in [6, 6.07) is 21.3. The number of furan rings is 1. The number of hydrogen-bond acceptors (Lipinski definition) is 6. The van der Waals surface area contributed by atoms with Gasteiger partial charge < -0.3 is 14.5 Å². The molecule has 0 fully saturated rings. The molecule has 0 saturated carbocycles. The molecule has 5 aromatic rings. The third-order valence-corrected chi connectivity index (χ3v) is 5.78. The van der Waals surface area contributed by atoms with Gasteiger partial charge in [0, 0.05) is 18.3 Å². The number of halogens is 1. The number of nitrogens with zero attached hydrogens (tertiary/aromatic N) is 3. The number of nitrogens with one attached hydrogen (secondary N) is 1. The SMILES string of the molecule is O=C(Nc1cnn(Cc2cccc3ccccc23)c1)c1ccc(COc2ccc([N+](=O)[O-])cc2Cl)o1. The predicted octanol–water partition coefficient (Wildman–Crippen LogP) is 6.07. The molecule has 0 bridgehead atoms. The van der Waals surface area contributed by atoms with E-state index in [-0.39, 0.29) is 28.8 Å². The van der Waals surface area contributed by atoms with Crippen LogP contribution in [-0.4, -0.2) is 20.6 Å². The lowest BCUT2D eigenvalue weighted by Gasteiger charge is -2.06. The summed E-state index contributed by atoms with van der Waals surface area (Å²) in [6.45, 7) is 0.554. The van der Waals surface area contributed by atoms with Crippen molar-refractivity contribution in [1.82, 2.24) is 9.78 Å². The van der Waals surface area contributed by atoms with Crippen LogP contribution in [0.2, 0.25) is 5.02 Å². The first-order valence-electron chi connectivity index (χ1n) is 10.9. The second-order valence-corrected chi connectivity index (χ2v) is 8.35. The average Bonchev–Trinajstić information content (AvgIpc) is 3.53. The van der Waals surface area contributed by atoms with Crippen molar-refractivity contribution in [3.63, 3.8) is 0 Å². The third-order valence-electron chi connectivity index (χ3n) is 5.49. The summed E-state index contributed by atoms with van der Waals surface area (Å²) in [5.41, 5.74) is 1.52. The van der Waals surface area contributed by atoms with Gasteiger partial charge in [0.25, 0.3) is 11.6 Å². The van der Waals surface area contributed by atoms with E-state index >= 15 is 0 Å². The van der Waals surface area contributed by atoms with Crippen LogP contribution >= 0.6 is 11.6 Å². The number of benzene rings is 3. The van der Waals surface area contributed by atoms with E-state index < -0.39 is 10.8 Å². The van der Waals surface area contributed by atoms with Gasteiger partial charge in [-0.15, -0.1) is 0 Å². The Morgan fingerprint density at radius 2 is 1.94 bits per heavy atom. The molecular weight excluding hydrogens is 484 g/mol. The number of anilines is 1. The van der Waals surface area contributed by atoms with Crippen molar-refractivity contribution in [2.24, 2.45) is 0 Å². The Kier molecular flexibility index (Phi) is 6.38. The van der Waals surface area contributed by atoms with E-state index in [1.54, 1.807) is 23.1 Å². The Bertz CT molecular complexity index is 1570. The van der Waals surface area contributed by atoms with Gasteiger partial charge in [0.1, 0.15) is 18.1 Å². The summed E-state index contributed by atoms with van der Waals surface area (Å²) in [5, 5.41) is 20.4. The molecule has 0 radical (unpaired) electrons. The zero-order chi connectivity index (χ0) is 25.1. The number of carbonyl (C=O) groups excluding carboxylic acids is 1. The molecule has 2 aromatic heterocycles. The molecule has 0 spiro atoms. The highest BCUT2D eigenvalue weighted by Gasteiger charge is 2.15. The number of rotatable bonds is 8. The molecule has 3 aromatic carbocycles. The van der Waals surface area contributed by atoms with Gasteiger partial charge in [-0.05, 0) is 34.5 Å². The number of nitro benzene ring substituents is 1. The van der Waals surface area contributed by atoms with Crippen molar-refractivity contribution in [2.45, 2.75) is 13.2 Å². The molecule has 0 aliphatic heterocycles. The monoisotopic (exact) mass is 502 g/mol. The number of amides is 1. The highest BCUT2D eigenvalue weighted by atomic mass is 35.5. The van der Waals surface area contributed by atoms with E-state index in [0.717, 1.165) is 16.3 Å². The highest BCUT2D eigenvalue weighted by molar-refractivity contribution is 6.32. The van der Waals surface area contributed by atoms with Crippen LogP contribution in [-0.2, 0) is 13.2 Å². The lowest BCUT2D eigenvalue weighted by molar-refractivity contribution is -0.384. The Morgan fingerprint density at radius 3 is 2.78 bits per heavy atom. The second kappa shape index (κ2) is 9.93. The van der Waals surface area contributed by atoms with Gasteiger partial charge in [0.2, 0.25) is 0 Å². The zero-order valence-electron chi connectivity index (χ0n) is 18.8. The molecular formula is C26H19ClN4O5. The number of non-ortho nitro benzene ring substituents is 1. The predicted molar refractivity (Wildman–Crippen MR) is 134 cm³/mol. The molecule has 0 unspecified atom stereocenters. The fourth-order valence-corrected chi connectivity index (χ4v) is 3.99. The maximum Gasteiger partial charge on any atom is 0.291 e. The molecule has 180 valence electrons. The Hall–Kier alpha value is -4.63. The van der Waals surface area contributed by atoms with Crippen LogP contribution in [0.4, 0.5) is 11.4 Å². The summed E-state index contributed by atoms with van der Waals surface area (Å²) < 4.78 is 12.9. The first-order valence-corrected chi connectivity index (χ1v) is 11.3. The third kappa shape index (κ3) is 5.06. The van der Waals surface area contributed by atoms with Crippen LogP contribution in [0.3, 0.4) is 0 Å². The summed E-state index contributed by atoms with van der Waals surface area (Å²) in [6.07, 6.45) is 3.33. The van der Waals surface area contributed by atoms with Crippen LogP contribution in [0.25, 0.3) is 10.8 Å². The van der Waals surface area contributed by atoms with E-state index in [1.165, 1.54) is 24.3 Å². The normalized spacial score (nSPS) is 10.9. The fraction of sp³-hybridized carbons (Fsp3) is 0.0769. The van der Waals surface area contributed by atoms with Crippen molar-refractivity contribution >= 4 is 39.7 Å². The lowest BCUT2D eigenvalue weighted by atomic mass is 10.0. The quantitative estimate of drug-likeness (QED) is 0.203. The summed E-state index contributed by atoms with van der Waals surface area (Å²) in [7, 11) is 0. The van der Waals surface area contributed by atoms with Gasteiger partial charge in [-0.25, -0.2) is 0 Å². The van der Waals surface area contributed by atoms with Crippen LogP contribution in [0.5, 0.6) is 5.75 Å². The first kappa shape index (κ1) is 23.1. The van der Waals surface area contributed by atoms with Crippen molar-refractivity contribution in [2.75, 3.05) is 5.32 Å². The molecule has 0 atom stereocenters. The summed E-state index contributed by atoms with van der Waals surface area (Å²) in [5.74, 6) is 0.328. The Balaban J connectivity index is 1.20. The number of carbonyl (C=O) groups is 1. The molecule has 0 saturated heterocycles. The Labute approximate surface area is 210 Å². The molecule has 36 heavy (non-hydrogen) atoms. The number of aromatic nitrogens is 2. The topological polar surface area (TPSA) is 112 Å². The zero-order valence-corrected chi connectivity index (χ0v) is 19.5. The first-order chi connectivity index (χ1) is 17.5. The van der Waals surface area contributed by atoms with Crippen molar-refractivity contribution < 1.29 is 18.9 Å². The largest absolute Gasteiger partial charge is 0.484 e. The molecule has 1 amide bonds. The van der Waals surface area contributed by atoms with Crippen molar-refractivity contribution in [1.29, 1.82) is 0 Å². The van der Waals surface area contributed by atoms with Crippen molar-refractivity contribution in [3.8, 4) is 5.75 Å². The summed E-state index contributed by atoms with van der Waals surface area (Å²) >= 11 is 6.04. The van der Waals surface area contributed by atoms with E-state index in [9.17, 15) is 14.9 Å². The lowest BCUT2D eigenvalue weighted by Crippen LogP contribution is -2.10. The smallest absolute Gasteiger partial charge is 0.291 e. The van der Waals surface area contributed by atoms with Gasteiger partial charge >= 0.3 is 0 Å². The fourth-order valence-electron chi connectivity index (χ4n) is 3.76. The average molecular weight is 503 g/mol. The molecule has 10 heteroatoms. The van der Waals surface area contributed by atoms with E-state index in [2.05, 4.69) is 34.7 Å². The standard InChI is InChI=1S/C26H19ClN4O5/c27-23-12-20(31(33)34)8-10-24(23)35-16-21-9-11-25(36-21)26(32)29-19-13-28-30(15-19)14-18-6-3-5-17-4-1-2-7-22(17)18/h1-13,15H,14,16H2,(H,29,32). The van der Waals surface area contributed by atoms with Gasteiger partial charge in [-0.2, -0.15) is 5.10 Å². The van der Waals surface area contributed by atoms with Gasteiger partial charge in [0.15, 0.2) is 5.76 Å². The Morgan fingerprint density at radius 1 is 1.11 bits per heavy atom. The molecule has 2 heterocycles. The highest BCUT2D eigenvalue weighted by Crippen LogP contribution is 2.29. The van der Waals surface area contributed by atoms with Crippen LogP contribution in [0, 0.1) is 10.1 Å². The van der Waals surface area contributed by atoms with Gasteiger partial charge in [-0.3, -0.25) is 19.6 Å². The maximum atomic E-state index is 12.6. The van der Waals surface area contributed by atoms with Crippen LogP contribution < -0.4 is 10.1 Å². The second-order valence-electron chi connectivity index (χ2n) is 7.95. The minimum absolute atomic E-state index is 0.00618. The van der Waals surface area contributed by atoms with Crippen molar-refractivity contribution in [3.05, 3.63) is 117 Å². The molecule has 9 nitrogen and oxygen atoms in total. The molecule has 0 aliphatic carbocycles. The van der Waals surface area contributed by atoms with Gasteiger partial charge in [0.05, 0.1) is 28.4 Å². The number of nitro groups is 1. The van der Waals surface area contributed by atoms with Crippen LogP contribution in [0.15, 0.2) is 89.6 Å². The molecule has 0 aliphatic rings. The molecule has 5 rings (SSSR count). The van der Waals surface area contributed by atoms with Crippen LogP contribution in [0.1, 0.15) is 21.9 Å². The minimum Gasteiger partial charge on any atom is -0.484 e. The minimum atomic E-state index is -0.541. The number of ether oxygens (including phenoxy) is 1.